The first-order valence-electron chi connectivity index (χ1n) is 12.3. The molecule has 0 unspecified atom stereocenters. The molecule has 5 rings (SSSR count). The molecule has 1 saturated heterocycles. The molecule has 1 aliphatic rings. The highest BCUT2D eigenvalue weighted by atomic mass is 16.1. The second kappa shape index (κ2) is 10.3. The van der Waals surface area contributed by atoms with Gasteiger partial charge in [0.2, 0.25) is 5.91 Å². The lowest BCUT2D eigenvalue weighted by Crippen LogP contribution is -2.40. The van der Waals surface area contributed by atoms with Crippen LogP contribution < -0.4 is 5.32 Å². The zero-order valence-electron chi connectivity index (χ0n) is 19.9. The van der Waals surface area contributed by atoms with Crippen LogP contribution >= 0.6 is 0 Å². The van der Waals surface area contributed by atoms with E-state index in [1.165, 1.54) is 33.3 Å². The first-order valence-corrected chi connectivity index (χ1v) is 12.3. The number of likely N-dealkylation sites (tertiary alicyclic amines) is 1. The van der Waals surface area contributed by atoms with Gasteiger partial charge in [-0.2, -0.15) is 0 Å². The van der Waals surface area contributed by atoms with Crippen LogP contribution in [0.3, 0.4) is 0 Å². The topological polar surface area (TPSA) is 37.3 Å². The number of nitrogens with zero attached hydrogens (tertiary/aromatic N) is 2. The van der Waals surface area contributed by atoms with E-state index in [1.54, 1.807) is 0 Å². The fraction of sp³-hybridized carbons (Fsp3) is 0.300. The zero-order valence-corrected chi connectivity index (χ0v) is 19.9. The Morgan fingerprint density at radius 1 is 0.882 bits per heavy atom. The summed E-state index contributed by atoms with van der Waals surface area (Å²) in [5.74, 6) is 0.302. The first kappa shape index (κ1) is 22.4. The molecule has 1 amide bonds. The van der Waals surface area contributed by atoms with Crippen molar-refractivity contribution >= 4 is 16.8 Å². The minimum Gasteiger partial charge on any atom is -0.352 e. The molecule has 4 nitrogen and oxygen atoms in total. The average molecular weight is 452 g/mol. The molecule has 0 bridgehead atoms. The number of carbonyl (C=O) groups excluding carboxylic acids is 1. The molecule has 2 heterocycles. The molecule has 174 valence electrons. The van der Waals surface area contributed by atoms with Crippen LogP contribution in [-0.4, -0.2) is 28.5 Å². The predicted molar refractivity (Wildman–Crippen MR) is 139 cm³/mol. The standard InChI is InChI=1S/C30H33N3O/c1-23-9-5-6-13-27(23)20-31-30(34)25-15-17-32(18-16-25)22-28-19-26-12-7-8-14-29(26)33(28)21-24-10-3-2-4-11-24/h2-14,19,25H,15-18,20-22H2,1H3,(H,31,34). The van der Waals surface area contributed by atoms with Gasteiger partial charge in [0.05, 0.1) is 0 Å². The zero-order chi connectivity index (χ0) is 23.3. The van der Waals surface area contributed by atoms with Crippen molar-refractivity contribution < 1.29 is 4.79 Å². The van der Waals surface area contributed by atoms with Gasteiger partial charge in [-0.15, -0.1) is 0 Å². The van der Waals surface area contributed by atoms with Crippen molar-refractivity contribution in [2.75, 3.05) is 13.1 Å². The van der Waals surface area contributed by atoms with Gasteiger partial charge in [-0.05, 0) is 67.1 Å². The van der Waals surface area contributed by atoms with E-state index >= 15 is 0 Å². The van der Waals surface area contributed by atoms with Gasteiger partial charge in [0.1, 0.15) is 0 Å². The summed E-state index contributed by atoms with van der Waals surface area (Å²) in [5, 5.41) is 4.46. The minimum absolute atomic E-state index is 0.107. The number of fused-ring (bicyclic) bond motifs is 1. The normalized spacial score (nSPS) is 15.0. The highest BCUT2D eigenvalue weighted by Gasteiger charge is 2.25. The SMILES string of the molecule is Cc1ccccc1CNC(=O)C1CCN(Cc2cc3ccccc3n2Cc2ccccc2)CC1. The van der Waals surface area contributed by atoms with Crippen LogP contribution in [0.2, 0.25) is 0 Å². The monoisotopic (exact) mass is 451 g/mol. The molecule has 0 aliphatic carbocycles. The van der Waals surface area contributed by atoms with Gasteiger partial charge in [-0.3, -0.25) is 9.69 Å². The van der Waals surface area contributed by atoms with Gasteiger partial charge < -0.3 is 9.88 Å². The Bertz CT molecular complexity index is 1250. The predicted octanol–water partition coefficient (Wildman–Crippen LogP) is 5.53. The third-order valence-corrected chi connectivity index (χ3v) is 7.14. The van der Waals surface area contributed by atoms with Gasteiger partial charge in [-0.1, -0.05) is 72.8 Å². The summed E-state index contributed by atoms with van der Waals surface area (Å²) in [6.45, 7) is 6.41. The summed E-state index contributed by atoms with van der Waals surface area (Å²) < 4.78 is 2.45. The Hall–Kier alpha value is -3.37. The van der Waals surface area contributed by atoms with E-state index < -0.39 is 0 Å². The van der Waals surface area contributed by atoms with Crippen LogP contribution in [-0.2, 0) is 24.4 Å². The van der Waals surface area contributed by atoms with E-state index in [1.807, 2.05) is 12.1 Å². The Balaban J connectivity index is 1.22. The van der Waals surface area contributed by atoms with Crippen molar-refractivity contribution in [3.63, 3.8) is 0 Å². The summed E-state index contributed by atoms with van der Waals surface area (Å²) in [7, 11) is 0. The summed E-state index contributed by atoms with van der Waals surface area (Å²) in [5.41, 5.74) is 6.36. The third-order valence-electron chi connectivity index (χ3n) is 7.14. The van der Waals surface area contributed by atoms with Gasteiger partial charge in [0.25, 0.3) is 0 Å². The largest absolute Gasteiger partial charge is 0.352 e. The van der Waals surface area contributed by atoms with Gasteiger partial charge >= 0.3 is 0 Å². The van der Waals surface area contributed by atoms with Gasteiger partial charge in [0, 0.05) is 36.8 Å². The quantitative estimate of drug-likeness (QED) is 0.401. The van der Waals surface area contributed by atoms with Crippen LogP contribution in [0.25, 0.3) is 10.9 Å². The number of carbonyl (C=O) groups is 1. The molecule has 1 fully saturated rings. The summed E-state index contributed by atoms with van der Waals surface area (Å²) in [4.78, 5) is 15.3. The van der Waals surface area contributed by atoms with E-state index in [4.69, 9.17) is 0 Å². The molecule has 0 radical (unpaired) electrons. The molecule has 4 aromatic rings. The molecule has 0 saturated carbocycles. The van der Waals surface area contributed by atoms with E-state index in [9.17, 15) is 4.79 Å². The number of piperidine rings is 1. The lowest BCUT2D eigenvalue weighted by Gasteiger charge is -2.31. The number of nitrogens with one attached hydrogen (secondary N) is 1. The number of hydrogen-bond donors (Lipinski definition) is 1. The third kappa shape index (κ3) is 5.07. The number of hydrogen-bond acceptors (Lipinski definition) is 2. The lowest BCUT2D eigenvalue weighted by molar-refractivity contribution is -0.126. The Morgan fingerprint density at radius 2 is 1.59 bits per heavy atom. The number of para-hydroxylation sites is 1. The van der Waals surface area contributed by atoms with Crippen molar-refractivity contribution in [2.24, 2.45) is 5.92 Å². The molecular weight excluding hydrogens is 418 g/mol. The van der Waals surface area contributed by atoms with Crippen molar-refractivity contribution in [1.29, 1.82) is 0 Å². The fourth-order valence-electron chi connectivity index (χ4n) is 5.07. The van der Waals surface area contributed by atoms with Crippen LogP contribution in [0.4, 0.5) is 0 Å². The molecule has 3 aromatic carbocycles. The Morgan fingerprint density at radius 3 is 2.38 bits per heavy atom. The molecule has 1 N–H and O–H groups in total. The molecule has 34 heavy (non-hydrogen) atoms. The molecule has 4 heteroatoms. The molecular formula is C30H33N3O. The number of aryl methyl sites for hydroxylation is 1. The maximum absolute atomic E-state index is 12.8. The number of rotatable bonds is 7. The van der Waals surface area contributed by atoms with Crippen LogP contribution in [0.15, 0.2) is 84.9 Å². The maximum Gasteiger partial charge on any atom is 0.223 e. The van der Waals surface area contributed by atoms with Crippen molar-refractivity contribution in [3.05, 3.63) is 107 Å². The maximum atomic E-state index is 12.8. The van der Waals surface area contributed by atoms with E-state index in [0.29, 0.717) is 6.54 Å². The highest BCUT2D eigenvalue weighted by Crippen LogP contribution is 2.25. The Labute approximate surface area is 202 Å². The summed E-state index contributed by atoms with van der Waals surface area (Å²) in [6, 6.07) is 29.9. The Kier molecular flexibility index (Phi) is 6.77. The molecule has 1 aliphatic heterocycles. The van der Waals surface area contributed by atoms with Crippen molar-refractivity contribution in [2.45, 2.75) is 39.4 Å². The number of benzene rings is 3. The van der Waals surface area contributed by atoms with Gasteiger partial charge in [-0.25, -0.2) is 0 Å². The van der Waals surface area contributed by atoms with E-state index in [2.05, 4.69) is 94.5 Å². The summed E-state index contributed by atoms with van der Waals surface area (Å²) >= 11 is 0. The molecule has 1 aromatic heterocycles. The van der Waals surface area contributed by atoms with Gasteiger partial charge in [0.15, 0.2) is 0 Å². The molecule has 0 spiro atoms. The van der Waals surface area contributed by atoms with Crippen LogP contribution in [0, 0.1) is 12.8 Å². The molecule has 0 atom stereocenters. The fourth-order valence-corrected chi connectivity index (χ4v) is 5.07. The van der Waals surface area contributed by atoms with Crippen LogP contribution in [0.1, 0.15) is 35.2 Å². The second-order valence-electron chi connectivity index (χ2n) is 9.46. The minimum atomic E-state index is 0.107. The number of aromatic nitrogens is 1. The first-order chi connectivity index (χ1) is 16.7. The summed E-state index contributed by atoms with van der Waals surface area (Å²) in [6.07, 6.45) is 1.83. The van der Waals surface area contributed by atoms with E-state index in [-0.39, 0.29) is 11.8 Å². The van der Waals surface area contributed by atoms with Crippen molar-refractivity contribution in [3.8, 4) is 0 Å². The van der Waals surface area contributed by atoms with Crippen LogP contribution in [0.5, 0.6) is 0 Å². The average Bonchev–Trinajstić information content (AvgIpc) is 3.21. The smallest absolute Gasteiger partial charge is 0.223 e. The lowest BCUT2D eigenvalue weighted by atomic mass is 9.95. The second-order valence-corrected chi connectivity index (χ2v) is 9.46. The van der Waals surface area contributed by atoms with Crippen molar-refractivity contribution in [1.82, 2.24) is 14.8 Å². The number of amides is 1. The van der Waals surface area contributed by atoms with E-state index in [0.717, 1.165) is 39.0 Å². The highest BCUT2D eigenvalue weighted by molar-refractivity contribution is 5.81.